The van der Waals surface area contributed by atoms with Crippen LogP contribution in [0.3, 0.4) is 0 Å². The fraction of sp³-hybridized carbons (Fsp3) is 0.833. The van der Waals surface area contributed by atoms with E-state index in [2.05, 4.69) is 4.36 Å². The highest BCUT2D eigenvalue weighted by Gasteiger charge is 2.26. The number of rotatable bonds is 1. The molecule has 0 aromatic carbocycles. The predicted molar refractivity (Wildman–Crippen MR) is 42.1 cm³/mol. The van der Waals surface area contributed by atoms with Crippen LogP contribution in [0, 0.1) is 11.3 Å². The van der Waals surface area contributed by atoms with E-state index in [-0.39, 0.29) is 0 Å². The van der Waals surface area contributed by atoms with Gasteiger partial charge >= 0.3 is 0 Å². The maximum Gasteiger partial charge on any atom is 0.134 e. The molecule has 0 spiro atoms. The Hall–Kier alpha value is -0.560. The van der Waals surface area contributed by atoms with Crippen molar-refractivity contribution in [1.82, 2.24) is 0 Å². The van der Waals surface area contributed by atoms with Crippen molar-refractivity contribution in [2.45, 2.75) is 18.6 Å². The fourth-order valence-electron chi connectivity index (χ4n) is 0.199. The SMILES string of the molecule is [2H]C([2H])([2H])N=S(C)(=O)C(C)(C)C#N. The summed E-state index contributed by atoms with van der Waals surface area (Å²) in [6.07, 6.45) is 1.18. The Morgan fingerprint density at radius 1 is 1.80 bits per heavy atom. The molecule has 1 unspecified atom stereocenters. The molecule has 0 aliphatic heterocycles. The van der Waals surface area contributed by atoms with E-state index in [0.717, 1.165) is 0 Å². The first-order chi connectivity index (χ1) is 5.52. The van der Waals surface area contributed by atoms with Gasteiger partial charge in [0.15, 0.2) is 0 Å². The summed E-state index contributed by atoms with van der Waals surface area (Å²) in [6.45, 7) is 0.203. The monoisotopic (exact) mass is 163 g/mol. The zero-order valence-corrected chi connectivity index (χ0v) is 7.03. The second-order valence-electron chi connectivity index (χ2n) is 2.52. The summed E-state index contributed by atoms with van der Waals surface area (Å²) >= 11 is 0. The minimum atomic E-state index is -3.02. The molecule has 0 aromatic rings. The number of nitriles is 1. The third-order valence-corrected chi connectivity index (χ3v) is 3.72. The molecule has 0 N–H and O–H groups in total. The molecule has 0 radical (unpaired) electrons. The van der Waals surface area contributed by atoms with Crippen molar-refractivity contribution in [3.63, 3.8) is 0 Å². The zero-order valence-electron chi connectivity index (χ0n) is 9.21. The van der Waals surface area contributed by atoms with Gasteiger partial charge in [0.05, 0.1) is 15.8 Å². The summed E-state index contributed by atoms with van der Waals surface area (Å²) in [5.74, 6) is 0. The normalized spacial score (nSPS) is 22.8. The van der Waals surface area contributed by atoms with Crippen molar-refractivity contribution in [1.29, 1.82) is 5.26 Å². The lowest BCUT2D eigenvalue weighted by Crippen LogP contribution is -2.28. The highest BCUT2D eigenvalue weighted by atomic mass is 32.2. The van der Waals surface area contributed by atoms with Crippen molar-refractivity contribution in [3.8, 4) is 6.07 Å². The molecule has 3 nitrogen and oxygen atoms in total. The lowest BCUT2D eigenvalue weighted by Gasteiger charge is -2.16. The average molecular weight is 163 g/mol. The van der Waals surface area contributed by atoms with Crippen LogP contribution >= 0.6 is 0 Å². The molecule has 0 fully saturated rings. The van der Waals surface area contributed by atoms with E-state index in [1.807, 2.05) is 0 Å². The second kappa shape index (κ2) is 2.59. The first-order valence-corrected chi connectivity index (χ1v) is 4.58. The van der Waals surface area contributed by atoms with Crippen LogP contribution in [0.15, 0.2) is 4.36 Å². The molecule has 0 saturated carbocycles. The lowest BCUT2D eigenvalue weighted by atomic mass is 10.2. The molecule has 0 aliphatic carbocycles. The van der Waals surface area contributed by atoms with Crippen molar-refractivity contribution in [3.05, 3.63) is 0 Å². The topological polar surface area (TPSA) is 53.2 Å². The average Bonchev–Trinajstić information content (AvgIpc) is 1.81. The Kier molecular flexibility index (Phi) is 1.33. The molecule has 10 heavy (non-hydrogen) atoms. The van der Waals surface area contributed by atoms with Gasteiger partial charge in [0.25, 0.3) is 0 Å². The van der Waals surface area contributed by atoms with Crippen molar-refractivity contribution < 1.29 is 8.32 Å². The number of hydrogen-bond acceptors (Lipinski definition) is 3. The van der Waals surface area contributed by atoms with Gasteiger partial charge in [-0.15, -0.1) is 0 Å². The molecule has 4 heteroatoms. The van der Waals surface area contributed by atoms with Crippen LogP contribution in [-0.4, -0.2) is 22.2 Å². The minimum absolute atomic E-state index is 1.18. The largest absolute Gasteiger partial charge is 0.248 e. The highest BCUT2D eigenvalue weighted by Crippen LogP contribution is 2.15. The quantitative estimate of drug-likeness (QED) is 0.579. The van der Waals surface area contributed by atoms with Gasteiger partial charge in [-0.05, 0) is 13.8 Å². The Morgan fingerprint density at radius 3 is 2.60 bits per heavy atom. The van der Waals surface area contributed by atoms with Crippen LogP contribution < -0.4 is 0 Å². The van der Waals surface area contributed by atoms with Gasteiger partial charge in [-0.25, -0.2) is 8.57 Å². The van der Waals surface area contributed by atoms with Crippen LogP contribution in [0.2, 0.25) is 0 Å². The first kappa shape index (κ1) is 5.14. The van der Waals surface area contributed by atoms with Crippen LogP contribution in [0.25, 0.3) is 0 Å². The summed E-state index contributed by atoms with van der Waals surface area (Å²) in [7, 11) is -3.02. The maximum absolute atomic E-state index is 11.7. The smallest absolute Gasteiger partial charge is 0.134 e. The Balaban J connectivity index is 5.38. The van der Waals surface area contributed by atoms with E-state index in [1.165, 1.54) is 20.1 Å². The Morgan fingerprint density at radius 2 is 2.30 bits per heavy atom. The summed E-state index contributed by atoms with van der Waals surface area (Å²) < 4.78 is 34.1. The van der Waals surface area contributed by atoms with E-state index in [1.54, 1.807) is 6.07 Å². The van der Waals surface area contributed by atoms with Gasteiger partial charge in [0, 0.05) is 17.3 Å². The molecule has 0 rings (SSSR count). The number of nitrogens with zero attached hydrogens (tertiary/aromatic N) is 2. The maximum atomic E-state index is 11.7. The van der Waals surface area contributed by atoms with Gasteiger partial charge in [-0.3, -0.25) is 0 Å². The summed E-state index contributed by atoms with van der Waals surface area (Å²) in [4.78, 5) is 0. The van der Waals surface area contributed by atoms with Crippen molar-refractivity contribution in [2.75, 3.05) is 13.2 Å². The van der Waals surface area contributed by atoms with E-state index in [0.29, 0.717) is 0 Å². The summed E-state index contributed by atoms with van der Waals surface area (Å²) in [6, 6.07) is 1.78. The third-order valence-electron chi connectivity index (χ3n) is 1.39. The van der Waals surface area contributed by atoms with Gasteiger partial charge in [-0.2, -0.15) is 5.26 Å². The first-order valence-electron chi connectivity index (χ1n) is 4.16. The molecule has 0 aliphatic rings. The molecule has 0 amide bonds. The molecule has 1 atom stereocenters. The molecule has 0 saturated heterocycles. The van der Waals surface area contributed by atoms with E-state index in [9.17, 15) is 4.21 Å². The minimum Gasteiger partial charge on any atom is -0.248 e. The zero-order chi connectivity index (χ0) is 10.9. The molecule has 0 heterocycles. The van der Waals surface area contributed by atoms with E-state index >= 15 is 0 Å². The molecular formula is C6H12N2OS. The lowest BCUT2D eigenvalue weighted by molar-refractivity contribution is 0.661. The van der Waals surface area contributed by atoms with Gasteiger partial charge in [-0.1, -0.05) is 0 Å². The van der Waals surface area contributed by atoms with E-state index in [4.69, 9.17) is 9.37 Å². The van der Waals surface area contributed by atoms with Crippen LogP contribution in [0.4, 0.5) is 0 Å². The van der Waals surface area contributed by atoms with Crippen LogP contribution in [-0.2, 0) is 9.73 Å². The highest BCUT2D eigenvalue weighted by molar-refractivity contribution is 7.94. The molecule has 0 aromatic heterocycles. The summed E-state index contributed by atoms with van der Waals surface area (Å²) in [5, 5.41) is 8.65. The van der Waals surface area contributed by atoms with Gasteiger partial charge in [0.1, 0.15) is 4.75 Å². The fourth-order valence-corrected chi connectivity index (χ4v) is 0.596. The standard InChI is InChI=1S/C6H12N2OS/c1-6(2,5-7)10(4,9)8-3/h1-4H3/i3D3. The summed E-state index contributed by atoms with van der Waals surface area (Å²) in [5.41, 5.74) is 0. The van der Waals surface area contributed by atoms with E-state index < -0.39 is 21.5 Å². The van der Waals surface area contributed by atoms with Crippen LogP contribution in [0.1, 0.15) is 18.0 Å². The molecular weight excluding hydrogens is 148 g/mol. The Labute approximate surface area is 66.4 Å². The molecule has 58 valence electrons. The van der Waals surface area contributed by atoms with Gasteiger partial charge < -0.3 is 0 Å². The third kappa shape index (κ3) is 1.48. The van der Waals surface area contributed by atoms with Gasteiger partial charge in [0.2, 0.25) is 0 Å². The van der Waals surface area contributed by atoms with Crippen molar-refractivity contribution >= 4 is 9.73 Å². The van der Waals surface area contributed by atoms with Crippen LogP contribution in [0.5, 0.6) is 0 Å². The number of hydrogen-bond donors (Lipinski definition) is 0. The second-order valence-corrected chi connectivity index (χ2v) is 5.32. The van der Waals surface area contributed by atoms with Crippen molar-refractivity contribution in [2.24, 2.45) is 4.36 Å². The Bertz CT molecular complexity index is 344. The molecule has 0 bridgehead atoms. The predicted octanol–water partition coefficient (Wildman–Crippen LogP) is 1.02.